The van der Waals surface area contributed by atoms with Gasteiger partial charge in [0.15, 0.2) is 0 Å². The highest BCUT2D eigenvalue weighted by molar-refractivity contribution is 5.94. The number of fused-ring (bicyclic) bond motifs is 1. The van der Waals surface area contributed by atoms with Gasteiger partial charge < -0.3 is 19.1 Å². The summed E-state index contributed by atoms with van der Waals surface area (Å²) < 4.78 is 15.3. The van der Waals surface area contributed by atoms with Gasteiger partial charge in [0, 0.05) is 44.4 Å². The first-order valence-corrected chi connectivity index (χ1v) is 11.7. The number of likely N-dealkylation sites (tertiary alicyclic amines) is 2. The summed E-state index contributed by atoms with van der Waals surface area (Å²) in [7, 11) is 2.02. The average Bonchev–Trinajstić information content (AvgIpc) is 3.50. The van der Waals surface area contributed by atoms with Crippen LogP contribution in [0.1, 0.15) is 41.6 Å². The van der Waals surface area contributed by atoms with Crippen LogP contribution in [-0.2, 0) is 6.54 Å². The Bertz CT molecular complexity index is 1080. The number of hydrogen-bond acceptors (Lipinski definition) is 3. The molecule has 2 aromatic heterocycles. The molecular formula is C26H31FN4O. The third-order valence-corrected chi connectivity index (χ3v) is 7.01. The minimum atomic E-state index is -0.225. The van der Waals surface area contributed by atoms with Crippen LogP contribution in [0.4, 0.5) is 10.2 Å². The Morgan fingerprint density at radius 2 is 1.66 bits per heavy atom. The van der Waals surface area contributed by atoms with Gasteiger partial charge in [0.1, 0.15) is 11.6 Å². The van der Waals surface area contributed by atoms with Crippen LogP contribution in [0.25, 0.3) is 5.52 Å². The van der Waals surface area contributed by atoms with Crippen molar-refractivity contribution >= 4 is 17.2 Å². The molecule has 6 heteroatoms. The molecule has 5 rings (SSSR count). The molecule has 0 aliphatic carbocycles. The number of anilines is 1. The summed E-state index contributed by atoms with van der Waals surface area (Å²) in [5, 5.41) is 0. The predicted octanol–water partition coefficient (Wildman–Crippen LogP) is 4.42. The van der Waals surface area contributed by atoms with Crippen molar-refractivity contribution in [3.8, 4) is 0 Å². The lowest BCUT2D eigenvalue weighted by atomic mass is 10.0. The van der Waals surface area contributed by atoms with E-state index in [1.807, 2.05) is 42.4 Å². The number of carbonyl (C=O) groups excluding carboxylic acids is 1. The summed E-state index contributed by atoms with van der Waals surface area (Å²) in [6, 6.07) is 15.3. The second kappa shape index (κ2) is 8.94. The Balaban J connectivity index is 1.29. The third kappa shape index (κ3) is 4.24. The SMILES string of the molecule is CN(Cc1ccc(F)cc1)c1ccc2ccc(C(=O)N3CCC(N4CCCC4)CC3)cn12. The summed E-state index contributed by atoms with van der Waals surface area (Å²) >= 11 is 0. The van der Waals surface area contributed by atoms with E-state index in [2.05, 4.69) is 26.3 Å². The van der Waals surface area contributed by atoms with Crippen molar-refractivity contribution in [1.29, 1.82) is 0 Å². The smallest absolute Gasteiger partial charge is 0.255 e. The molecule has 3 aromatic rings. The molecule has 0 bridgehead atoms. The second-order valence-corrected chi connectivity index (χ2v) is 9.15. The lowest BCUT2D eigenvalue weighted by Gasteiger charge is -2.36. The van der Waals surface area contributed by atoms with Gasteiger partial charge in [-0.1, -0.05) is 12.1 Å². The summed E-state index contributed by atoms with van der Waals surface area (Å²) in [6.45, 7) is 4.77. The number of benzene rings is 1. The van der Waals surface area contributed by atoms with Crippen LogP contribution >= 0.6 is 0 Å². The third-order valence-electron chi connectivity index (χ3n) is 7.01. The van der Waals surface area contributed by atoms with Crippen molar-refractivity contribution in [2.75, 3.05) is 38.1 Å². The standard InChI is InChI=1S/C26H31FN4O/c1-28(18-20-4-7-22(27)8-5-20)25-11-10-24-9-6-21(19-31(24)25)26(32)30-16-12-23(13-17-30)29-14-2-3-15-29/h4-11,19,23H,2-3,12-18H2,1H3. The molecule has 0 atom stereocenters. The molecule has 0 spiro atoms. The number of amides is 1. The van der Waals surface area contributed by atoms with Gasteiger partial charge in [-0.3, -0.25) is 4.79 Å². The monoisotopic (exact) mass is 434 g/mol. The van der Waals surface area contributed by atoms with Gasteiger partial charge in [0.2, 0.25) is 0 Å². The van der Waals surface area contributed by atoms with Gasteiger partial charge in [0.05, 0.1) is 5.56 Å². The number of aromatic nitrogens is 1. The molecule has 0 N–H and O–H groups in total. The van der Waals surface area contributed by atoms with Crippen molar-refractivity contribution < 1.29 is 9.18 Å². The topological polar surface area (TPSA) is 31.2 Å². The van der Waals surface area contributed by atoms with Crippen molar-refractivity contribution in [2.24, 2.45) is 0 Å². The highest BCUT2D eigenvalue weighted by Crippen LogP contribution is 2.24. The minimum absolute atomic E-state index is 0.118. The Morgan fingerprint density at radius 3 is 2.38 bits per heavy atom. The van der Waals surface area contributed by atoms with Crippen LogP contribution < -0.4 is 4.90 Å². The first kappa shape index (κ1) is 21.0. The maximum absolute atomic E-state index is 13.2. The molecule has 32 heavy (non-hydrogen) atoms. The number of halogens is 1. The van der Waals surface area contributed by atoms with Crippen molar-refractivity contribution in [3.63, 3.8) is 0 Å². The fourth-order valence-corrected chi connectivity index (χ4v) is 5.19. The van der Waals surface area contributed by atoms with Gasteiger partial charge >= 0.3 is 0 Å². The van der Waals surface area contributed by atoms with Crippen molar-refractivity contribution in [3.05, 3.63) is 71.7 Å². The highest BCUT2D eigenvalue weighted by atomic mass is 19.1. The molecule has 0 saturated carbocycles. The van der Waals surface area contributed by atoms with Crippen LogP contribution in [0, 0.1) is 5.82 Å². The summed E-state index contributed by atoms with van der Waals surface area (Å²) in [5.41, 5.74) is 2.82. The number of carbonyl (C=O) groups is 1. The summed E-state index contributed by atoms with van der Waals surface area (Å²) in [5.74, 6) is 0.900. The predicted molar refractivity (Wildman–Crippen MR) is 126 cm³/mol. The molecule has 0 unspecified atom stereocenters. The zero-order valence-corrected chi connectivity index (χ0v) is 18.7. The minimum Gasteiger partial charge on any atom is -0.356 e. The maximum Gasteiger partial charge on any atom is 0.255 e. The molecule has 168 valence electrons. The zero-order valence-electron chi connectivity index (χ0n) is 18.7. The highest BCUT2D eigenvalue weighted by Gasteiger charge is 2.28. The Morgan fingerprint density at radius 1 is 0.969 bits per heavy atom. The fourth-order valence-electron chi connectivity index (χ4n) is 5.19. The van der Waals surface area contributed by atoms with E-state index in [9.17, 15) is 9.18 Å². The average molecular weight is 435 g/mol. The Hall–Kier alpha value is -2.86. The molecule has 2 aliphatic rings. The van der Waals surface area contributed by atoms with E-state index in [0.29, 0.717) is 12.6 Å². The number of pyridine rings is 1. The van der Waals surface area contributed by atoms with Crippen LogP contribution in [0.15, 0.2) is 54.7 Å². The number of nitrogens with zero attached hydrogens (tertiary/aromatic N) is 4. The van der Waals surface area contributed by atoms with E-state index in [0.717, 1.165) is 48.4 Å². The Labute approximate surface area is 189 Å². The number of piperidine rings is 1. The molecular weight excluding hydrogens is 403 g/mol. The molecule has 4 heterocycles. The van der Waals surface area contributed by atoms with E-state index in [4.69, 9.17) is 0 Å². The van der Waals surface area contributed by atoms with Gasteiger partial charge in [-0.2, -0.15) is 0 Å². The first-order chi connectivity index (χ1) is 15.6. The molecule has 0 radical (unpaired) electrons. The summed E-state index contributed by atoms with van der Waals surface area (Å²) in [6.07, 6.45) is 6.73. The fraction of sp³-hybridized carbons (Fsp3) is 0.423. The number of rotatable bonds is 5. The van der Waals surface area contributed by atoms with E-state index in [1.54, 1.807) is 0 Å². The molecule has 2 aliphatic heterocycles. The number of hydrogen-bond donors (Lipinski definition) is 0. The normalized spacial score (nSPS) is 17.9. The van der Waals surface area contributed by atoms with Gasteiger partial charge in [-0.25, -0.2) is 4.39 Å². The lowest BCUT2D eigenvalue weighted by molar-refractivity contribution is 0.0644. The van der Waals surface area contributed by atoms with Gasteiger partial charge in [-0.05, 0) is 80.7 Å². The van der Waals surface area contributed by atoms with Gasteiger partial charge in [0.25, 0.3) is 5.91 Å². The largest absolute Gasteiger partial charge is 0.356 e. The van der Waals surface area contributed by atoms with Crippen LogP contribution in [0.2, 0.25) is 0 Å². The van der Waals surface area contributed by atoms with Crippen LogP contribution in [0.5, 0.6) is 0 Å². The van der Waals surface area contributed by atoms with Crippen LogP contribution in [-0.4, -0.2) is 59.4 Å². The lowest BCUT2D eigenvalue weighted by Crippen LogP contribution is -2.45. The van der Waals surface area contributed by atoms with Crippen molar-refractivity contribution in [2.45, 2.75) is 38.3 Å². The van der Waals surface area contributed by atoms with E-state index < -0.39 is 0 Å². The molecule has 1 amide bonds. The molecule has 5 nitrogen and oxygen atoms in total. The first-order valence-electron chi connectivity index (χ1n) is 11.7. The maximum atomic E-state index is 13.2. The zero-order chi connectivity index (χ0) is 22.1. The van der Waals surface area contributed by atoms with E-state index >= 15 is 0 Å². The van der Waals surface area contributed by atoms with Gasteiger partial charge in [-0.15, -0.1) is 0 Å². The van der Waals surface area contributed by atoms with Crippen LogP contribution in [0.3, 0.4) is 0 Å². The van der Waals surface area contributed by atoms with E-state index in [1.165, 1.54) is 38.1 Å². The second-order valence-electron chi connectivity index (χ2n) is 9.15. The van der Waals surface area contributed by atoms with E-state index in [-0.39, 0.29) is 11.7 Å². The summed E-state index contributed by atoms with van der Waals surface area (Å²) in [4.78, 5) is 20.0. The molecule has 1 aromatic carbocycles. The Kier molecular flexibility index (Phi) is 5.87. The quantitative estimate of drug-likeness (QED) is 0.596. The molecule has 2 saturated heterocycles. The van der Waals surface area contributed by atoms with Crippen molar-refractivity contribution in [1.82, 2.24) is 14.2 Å². The molecule has 2 fully saturated rings.